The van der Waals surface area contributed by atoms with Crippen LogP contribution in [0.4, 0.5) is 0 Å². The van der Waals surface area contributed by atoms with Gasteiger partial charge in [-0.25, -0.2) is 9.97 Å². The lowest BCUT2D eigenvalue weighted by atomic mass is 10.0. The fourth-order valence-electron chi connectivity index (χ4n) is 8.94. The maximum atomic E-state index is 11.1. The zero-order chi connectivity index (χ0) is 37.6. The predicted octanol–water partition coefficient (Wildman–Crippen LogP) is 13.4. The topological polar surface area (TPSA) is 59.4 Å². The molecule has 0 radical (unpaired) electrons. The average Bonchev–Trinajstić information content (AvgIpc) is 3.94. The van der Waals surface area contributed by atoms with Crippen molar-refractivity contribution in [2.45, 2.75) is 0 Å². The van der Waals surface area contributed by atoms with Crippen LogP contribution in [0.1, 0.15) is 5.56 Å². The summed E-state index contributed by atoms with van der Waals surface area (Å²) in [6, 6.07) is 63.7. The number of hydrogen-bond donors (Lipinski definition) is 0. The number of nitriles is 1. The van der Waals surface area contributed by atoms with Gasteiger partial charge in [0.05, 0.1) is 55.7 Å². The van der Waals surface area contributed by atoms with Crippen molar-refractivity contribution in [1.82, 2.24) is 19.1 Å². The van der Waals surface area contributed by atoms with Crippen LogP contribution < -0.4 is 0 Å². The number of nitrogens with zero attached hydrogens (tertiary/aromatic N) is 5. The molecule has 6 heteroatoms. The van der Waals surface area contributed by atoms with Gasteiger partial charge in [-0.15, -0.1) is 11.3 Å². The Labute approximate surface area is 330 Å². The zero-order valence-electron chi connectivity index (χ0n) is 30.4. The molecule has 0 aliphatic rings. The van der Waals surface area contributed by atoms with E-state index in [1.54, 1.807) is 0 Å². The van der Waals surface area contributed by atoms with Crippen LogP contribution in [-0.2, 0) is 0 Å². The van der Waals surface area contributed by atoms with Gasteiger partial charge in [-0.2, -0.15) is 5.26 Å². The monoisotopic (exact) mass is 743 g/mol. The van der Waals surface area contributed by atoms with Gasteiger partial charge >= 0.3 is 0 Å². The Hall–Kier alpha value is -7.59. The second-order valence-corrected chi connectivity index (χ2v) is 15.5. The molecule has 0 atom stereocenters. The van der Waals surface area contributed by atoms with E-state index >= 15 is 0 Å². The minimum absolute atomic E-state index is 0.551. The Bertz CT molecular complexity index is 3640. The fourth-order valence-corrected chi connectivity index (χ4v) is 10.2. The average molecular weight is 744 g/mol. The SMILES string of the molecule is N#Cc1cc(-c2nc3ccccc3nc2-c2ccccc2)ccc1-n1c2ccccc2c2c3c4ccccc4sc3c3c4ccccc4n(-c4ccccc4)c3c21. The fraction of sp³-hybridized carbons (Fsp3) is 0. The molecular formula is C51H29N5S. The molecule has 57 heavy (non-hydrogen) atoms. The smallest absolute Gasteiger partial charge is 0.101 e. The summed E-state index contributed by atoms with van der Waals surface area (Å²) in [6.07, 6.45) is 0. The molecule has 0 amide bonds. The van der Waals surface area contributed by atoms with Crippen LogP contribution in [0.5, 0.6) is 0 Å². The van der Waals surface area contributed by atoms with Crippen molar-refractivity contribution < 1.29 is 0 Å². The molecule has 0 aliphatic carbocycles. The van der Waals surface area contributed by atoms with Crippen LogP contribution in [0.3, 0.4) is 0 Å². The molecule has 0 bridgehead atoms. The van der Waals surface area contributed by atoms with Crippen molar-refractivity contribution in [3.05, 3.63) is 181 Å². The summed E-state index contributed by atoms with van der Waals surface area (Å²) in [4.78, 5) is 10.3. The quantitative estimate of drug-likeness (QED) is 0.180. The van der Waals surface area contributed by atoms with Crippen molar-refractivity contribution >= 4 is 86.2 Å². The van der Waals surface area contributed by atoms with E-state index in [-0.39, 0.29) is 0 Å². The third kappa shape index (κ3) is 4.55. The molecule has 12 rings (SSSR count). The molecule has 5 nitrogen and oxygen atoms in total. The molecule has 0 fully saturated rings. The van der Waals surface area contributed by atoms with Crippen LogP contribution in [0.15, 0.2) is 176 Å². The Morgan fingerprint density at radius 1 is 0.474 bits per heavy atom. The molecular weight excluding hydrogens is 715 g/mol. The van der Waals surface area contributed by atoms with Crippen molar-refractivity contribution in [2.75, 3.05) is 0 Å². The third-order valence-corrected chi connectivity index (χ3v) is 12.5. The first-order chi connectivity index (χ1) is 28.3. The third-order valence-electron chi connectivity index (χ3n) is 11.3. The zero-order valence-corrected chi connectivity index (χ0v) is 31.2. The highest BCUT2D eigenvalue weighted by Gasteiger charge is 2.27. The molecule has 0 saturated heterocycles. The molecule has 264 valence electrons. The van der Waals surface area contributed by atoms with Crippen LogP contribution in [0, 0.1) is 11.3 Å². The Morgan fingerprint density at radius 2 is 1.04 bits per heavy atom. The summed E-state index contributed by atoms with van der Waals surface area (Å²) in [5, 5.41) is 18.4. The van der Waals surface area contributed by atoms with Gasteiger partial charge in [0.1, 0.15) is 6.07 Å². The first-order valence-electron chi connectivity index (χ1n) is 19.0. The maximum absolute atomic E-state index is 11.1. The normalized spacial score (nSPS) is 11.8. The molecule has 0 unspecified atom stereocenters. The van der Waals surface area contributed by atoms with E-state index in [0.29, 0.717) is 5.56 Å². The molecule has 12 aromatic rings. The van der Waals surface area contributed by atoms with Crippen LogP contribution >= 0.6 is 11.3 Å². The summed E-state index contributed by atoms with van der Waals surface area (Å²) in [6.45, 7) is 0. The Morgan fingerprint density at radius 3 is 1.75 bits per heavy atom. The van der Waals surface area contributed by atoms with Gasteiger partial charge in [0, 0.05) is 58.5 Å². The summed E-state index contributed by atoms with van der Waals surface area (Å²) in [5.74, 6) is 0. The lowest BCUT2D eigenvalue weighted by Crippen LogP contribution is -2.02. The Kier molecular flexibility index (Phi) is 6.80. The summed E-state index contributed by atoms with van der Waals surface area (Å²) in [5.41, 5.74) is 11.8. The molecule has 4 aromatic heterocycles. The lowest BCUT2D eigenvalue weighted by Gasteiger charge is -2.15. The molecule has 4 heterocycles. The largest absolute Gasteiger partial charge is 0.307 e. The van der Waals surface area contributed by atoms with Crippen molar-refractivity contribution in [2.24, 2.45) is 0 Å². The van der Waals surface area contributed by atoms with Crippen LogP contribution in [0.2, 0.25) is 0 Å². The second-order valence-electron chi connectivity index (χ2n) is 14.4. The number of hydrogen-bond acceptors (Lipinski definition) is 4. The minimum Gasteiger partial charge on any atom is -0.307 e. The summed E-state index contributed by atoms with van der Waals surface area (Å²) >= 11 is 1.86. The first-order valence-corrected chi connectivity index (χ1v) is 19.8. The lowest BCUT2D eigenvalue weighted by molar-refractivity contribution is 1.14. The van der Waals surface area contributed by atoms with E-state index in [9.17, 15) is 5.26 Å². The highest BCUT2D eigenvalue weighted by molar-refractivity contribution is 7.27. The Balaban J connectivity index is 1.25. The molecule has 8 aromatic carbocycles. The van der Waals surface area contributed by atoms with E-state index in [4.69, 9.17) is 9.97 Å². The van der Waals surface area contributed by atoms with E-state index in [1.807, 2.05) is 59.9 Å². The highest BCUT2D eigenvalue weighted by Crippen LogP contribution is 2.51. The van der Waals surface area contributed by atoms with Gasteiger partial charge in [-0.05, 0) is 54.6 Å². The summed E-state index contributed by atoms with van der Waals surface area (Å²) in [7, 11) is 0. The van der Waals surface area contributed by atoms with E-state index < -0.39 is 0 Å². The first kappa shape index (κ1) is 31.7. The number of benzene rings is 8. The number of aromatic nitrogens is 4. The molecule has 0 spiro atoms. The van der Waals surface area contributed by atoms with Gasteiger partial charge < -0.3 is 9.13 Å². The van der Waals surface area contributed by atoms with Crippen molar-refractivity contribution in [3.8, 4) is 40.0 Å². The predicted molar refractivity (Wildman–Crippen MR) is 237 cm³/mol. The van der Waals surface area contributed by atoms with Gasteiger partial charge in [0.25, 0.3) is 0 Å². The van der Waals surface area contributed by atoms with Gasteiger partial charge in [-0.1, -0.05) is 121 Å². The molecule has 0 N–H and O–H groups in total. The minimum atomic E-state index is 0.551. The summed E-state index contributed by atoms with van der Waals surface area (Å²) < 4.78 is 7.28. The van der Waals surface area contributed by atoms with Crippen molar-refractivity contribution in [3.63, 3.8) is 0 Å². The van der Waals surface area contributed by atoms with Crippen LogP contribution in [0.25, 0.3) is 109 Å². The van der Waals surface area contributed by atoms with E-state index in [2.05, 4.69) is 143 Å². The maximum Gasteiger partial charge on any atom is 0.101 e. The second kappa shape index (κ2) is 12.2. The highest BCUT2D eigenvalue weighted by atomic mass is 32.1. The number of fused-ring (bicyclic) bond motifs is 13. The number of thiophene rings is 1. The van der Waals surface area contributed by atoms with Gasteiger partial charge in [-0.3, -0.25) is 0 Å². The van der Waals surface area contributed by atoms with Gasteiger partial charge in [0.2, 0.25) is 0 Å². The molecule has 0 aliphatic heterocycles. The van der Waals surface area contributed by atoms with Gasteiger partial charge in [0.15, 0.2) is 0 Å². The standard InChI is InChI=1S/C51H29N5S/c52-30-33-29-32(48-47(31-15-3-1-4-16-31)53-38-22-10-11-23-39(38)54-48)27-28-40(33)56-42-25-13-7-19-35(42)44-45-37-21-9-14-26-43(37)57-51(45)46-36-20-8-12-24-41(36)55(50(46)49(44)56)34-17-5-2-6-18-34/h1-29H. The number of para-hydroxylation sites is 5. The van der Waals surface area contributed by atoms with E-state index in [1.165, 1.54) is 36.3 Å². The van der Waals surface area contributed by atoms with Crippen molar-refractivity contribution in [1.29, 1.82) is 5.26 Å². The molecule has 0 saturated carbocycles. The number of rotatable bonds is 4. The van der Waals surface area contributed by atoms with E-state index in [0.717, 1.165) is 72.4 Å². The van der Waals surface area contributed by atoms with Crippen LogP contribution in [-0.4, -0.2) is 19.1 Å².